The normalized spacial score (nSPS) is 15.1. The van der Waals surface area contributed by atoms with Gasteiger partial charge in [0.2, 0.25) is 5.91 Å². The average Bonchev–Trinajstić information content (AvgIpc) is 2.65. The van der Waals surface area contributed by atoms with Crippen LogP contribution in [0.2, 0.25) is 0 Å². The summed E-state index contributed by atoms with van der Waals surface area (Å²) in [4.78, 5) is 13.9. The van der Waals surface area contributed by atoms with Crippen LogP contribution in [0.1, 0.15) is 18.4 Å². The van der Waals surface area contributed by atoms with Gasteiger partial charge in [0.25, 0.3) is 5.76 Å². The van der Waals surface area contributed by atoms with E-state index in [4.69, 9.17) is 10.5 Å². The lowest BCUT2D eigenvalue weighted by molar-refractivity contribution is -0.117. The lowest BCUT2D eigenvalue weighted by Gasteiger charge is -2.36. The van der Waals surface area contributed by atoms with Gasteiger partial charge in [0.05, 0.1) is 6.42 Å². The molecular weight excluding hydrogens is 370 g/mol. The summed E-state index contributed by atoms with van der Waals surface area (Å²) in [7, 11) is 0. The number of rotatable bonds is 7. The highest BCUT2D eigenvalue weighted by Crippen LogP contribution is 2.34. The second-order valence-electron chi connectivity index (χ2n) is 6.40. The first-order valence-corrected chi connectivity index (χ1v) is 9.70. The van der Waals surface area contributed by atoms with Crippen molar-refractivity contribution in [3.63, 3.8) is 0 Å². The second kappa shape index (κ2) is 9.19. The molecule has 0 atom stereocenters. The van der Waals surface area contributed by atoms with Crippen LogP contribution in [0.4, 0.5) is 20.2 Å². The van der Waals surface area contributed by atoms with Gasteiger partial charge >= 0.3 is 0 Å². The van der Waals surface area contributed by atoms with E-state index >= 15 is 0 Å². The van der Waals surface area contributed by atoms with E-state index in [1.54, 1.807) is 12.1 Å². The van der Waals surface area contributed by atoms with Crippen LogP contribution in [0.25, 0.3) is 0 Å². The van der Waals surface area contributed by atoms with Crippen LogP contribution in [0, 0.1) is 0 Å². The highest BCUT2D eigenvalue weighted by molar-refractivity contribution is 7.99. The molecule has 0 saturated carbocycles. The number of halogens is 2. The molecule has 1 fully saturated rings. The molecule has 0 bridgehead atoms. The van der Waals surface area contributed by atoms with E-state index in [-0.39, 0.29) is 18.4 Å². The molecule has 0 aliphatic carbocycles. The number of carbonyl (C=O) groups is 1. The molecule has 2 N–H and O–H groups in total. The van der Waals surface area contributed by atoms with Gasteiger partial charge in [-0.25, -0.2) is 0 Å². The number of primary amides is 1. The third-order valence-electron chi connectivity index (χ3n) is 4.49. The summed E-state index contributed by atoms with van der Waals surface area (Å²) in [6, 6.07) is 15.2. The molecule has 0 unspecified atom stereocenters. The Kier molecular flexibility index (Phi) is 6.68. The zero-order valence-electron chi connectivity index (χ0n) is 14.8. The lowest BCUT2D eigenvalue weighted by Crippen LogP contribution is -2.36. The first-order valence-electron chi connectivity index (χ1n) is 8.82. The molecule has 0 spiro atoms. The summed E-state index contributed by atoms with van der Waals surface area (Å²) in [6.45, 7) is 1.39. The van der Waals surface area contributed by atoms with Gasteiger partial charge in [-0.1, -0.05) is 23.9 Å². The molecule has 0 radical (unpaired) electrons. The fraction of sp³-hybridized carbons (Fsp3) is 0.350. The van der Waals surface area contributed by atoms with Gasteiger partial charge in [-0.3, -0.25) is 4.79 Å². The van der Waals surface area contributed by atoms with Crippen molar-refractivity contribution in [3.05, 3.63) is 54.1 Å². The molecule has 3 rings (SSSR count). The lowest BCUT2D eigenvalue weighted by atomic mass is 10.0. The van der Waals surface area contributed by atoms with Crippen molar-refractivity contribution in [2.45, 2.75) is 36.0 Å². The van der Waals surface area contributed by atoms with E-state index in [2.05, 4.69) is 4.90 Å². The second-order valence-corrected chi connectivity index (χ2v) is 7.46. The predicted molar refractivity (Wildman–Crippen MR) is 104 cm³/mol. The first kappa shape index (κ1) is 19.6. The third-order valence-corrected chi connectivity index (χ3v) is 5.21. The molecule has 7 heteroatoms. The molecule has 1 aliphatic rings. The summed E-state index contributed by atoms with van der Waals surface area (Å²) in [5.41, 5.74) is 8.06. The number of amides is 1. The van der Waals surface area contributed by atoms with Gasteiger partial charge in [-0.15, -0.1) is 0 Å². The Hall–Kier alpha value is -2.12. The van der Waals surface area contributed by atoms with Crippen molar-refractivity contribution >= 4 is 29.0 Å². The van der Waals surface area contributed by atoms with Gasteiger partial charge in [-0.05, 0) is 54.8 Å². The van der Waals surface area contributed by atoms with E-state index < -0.39 is 5.76 Å². The van der Waals surface area contributed by atoms with Gasteiger partial charge in [0.1, 0.15) is 0 Å². The third kappa shape index (κ3) is 5.43. The monoisotopic (exact) mass is 392 g/mol. The number of benzene rings is 2. The molecule has 4 nitrogen and oxygen atoms in total. The number of carbonyl (C=O) groups excluding carboxylic acids is 1. The summed E-state index contributed by atoms with van der Waals surface area (Å²) < 4.78 is 30.6. The molecular formula is C20H22F2N2O2S. The highest BCUT2D eigenvalue weighted by Gasteiger charge is 2.23. The van der Waals surface area contributed by atoms with E-state index in [0.717, 1.165) is 29.8 Å². The van der Waals surface area contributed by atoms with Crippen molar-refractivity contribution in [1.82, 2.24) is 0 Å². The van der Waals surface area contributed by atoms with Crippen LogP contribution >= 0.6 is 11.8 Å². The van der Waals surface area contributed by atoms with Gasteiger partial charge < -0.3 is 15.4 Å². The number of nitrogens with two attached hydrogens (primary N) is 1. The number of ether oxygens (including phenoxy) is 1. The number of thioether (sulfide) groups is 1. The fourth-order valence-corrected chi connectivity index (χ4v) is 3.78. The molecule has 1 amide bonds. The first-order chi connectivity index (χ1) is 13.0. The van der Waals surface area contributed by atoms with Crippen molar-refractivity contribution < 1.29 is 18.3 Å². The molecule has 0 aromatic heterocycles. The predicted octanol–water partition coefficient (Wildman–Crippen LogP) is 4.35. The minimum absolute atomic E-state index is 0.205. The van der Waals surface area contributed by atoms with Crippen LogP contribution < -0.4 is 10.6 Å². The molecule has 2 aromatic rings. The van der Waals surface area contributed by atoms with Crippen molar-refractivity contribution in [2.75, 3.05) is 18.1 Å². The van der Waals surface area contributed by atoms with Crippen molar-refractivity contribution in [1.29, 1.82) is 0 Å². The molecule has 2 aromatic carbocycles. The maximum absolute atomic E-state index is 12.6. The number of alkyl halides is 2. The average molecular weight is 392 g/mol. The standard InChI is InChI=1S/C20H22F2N2O2S/c21-20(22)27-18-7-5-16(6-8-18)24(17-9-11-26-12-10-17)15-3-1-14(2-4-15)13-19(23)25/h1-8,17,20H,9-13H2,(H2,23,25). The SMILES string of the molecule is NC(=O)Cc1ccc(N(c2ccc(SC(F)F)cc2)C2CCOCC2)cc1. The number of hydrogen-bond acceptors (Lipinski definition) is 4. The van der Waals surface area contributed by atoms with Crippen molar-refractivity contribution in [3.8, 4) is 0 Å². The van der Waals surface area contributed by atoms with Crippen LogP contribution in [0.15, 0.2) is 53.4 Å². The smallest absolute Gasteiger partial charge is 0.288 e. The minimum Gasteiger partial charge on any atom is -0.381 e. The molecule has 144 valence electrons. The molecule has 1 saturated heterocycles. The molecule has 27 heavy (non-hydrogen) atoms. The Bertz CT molecular complexity index is 748. The number of hydrogen-bond donors (Lipinski definition) is 1. The Balaban J connectivity index is 1.87. The van der Waals surface area contributed by atoms with E-state index in [1.165, 1.54) is 0 Å². The van der Waals surface area contributed by atoms with Gasteiger partial charge in [0.15, 0.2) is 0 Å². The Morgan fingerprint density at radius 2 is 1.63 bits per heavy atom. The van der Waals surface area contributed by atoms with Crippen LogP contribution in [-0.2, 0) is 16.0 Å². The van der Waals surface area contributed by atoms with E-state index in [0.29, 0.717) is 29.9 Å². The Labute approximate surface area is 161 Å². The Morgan fingerprint density at radius 1 is 1.07 bits per heavy atom. The van der Waals surface area contributed by atoms with Crippen molar-refractivity contribution in [2.24, 2.45) is 5.73 Å². The van der Waals surface area contributed by atoms with Crippen LogP contribution in [0.5, 0.6) is 0 Å². The van der Waals surface area contributed by atoms with E-state index in [1.807, 2.05) is 36.4 Å². The maximum Gasteiger partial charge on any atom is 0.288 e. The Morgan fingerprint density at radius 3 is 2.15 bits per heavy atom. The van der Waals surface area contributed by atoms with Gasteiger partial charge in [0, 0.05) is 35.5 Å². The maximum atomic E-state index is 12.6. The number of nitrogens with zero attached hydrogens (tertiary/aromatic N) is 1. The van der Waals surface area contributed by atoms with Gasteiger partial charge in [-0.2, -0.15) is 8.78 Å². The summed E-state index contributed by atoms with van der Waals surface area (Å²) in [5, 5.41) is 0. The largest absolute Gasteiger partial charge is 0.381 e. The molecule has 1 aliphatic heterocycles. The van der Waals surface area contributed by atoms with Crippen LogP contribution in [-0.4, -0.2) is 30.9 Å². The summed E-state index contributed by atoms with van der Waals surface area (Å²) in [6.07, 6.45) is 1.98. The summed E-state index contributed by atoms with van der Waals surface area (Å²) in [5.74, 6) is -2.79. The zero-order valence-corrected chi connectivity index (χ0v) is 15.6. The van der Waals surface area contributed by atoms with E-state index in [9.17, 15) is 13.6 Å². The number of anilines is 2. The zero-order chi connectivity index (χ0) is 19.2. The summed E-state index contributed by atoms with van der Waals surface area (Å²) >= 11 is 0.542. The van der Waals surface area contributed by atoms with Crippen LogP contribution in [0.3, 0.4) is 0 Å². The molecule has 1 heterocycles. The topological polar surface area (TPSA) is 55.6 Å². The highest BCUT2D eigenvalue weighted by atomic mass is 32.2. The minimum atomic E-state index is -2.43. The quantitative estimate of drug-likeness (QED) is 0.712. The fourth-order valence-electron chi connectivity index (χ4n) is 3.28.